The summed E-state index contributed by atoms with van der Waals surface area (Å²) in [4.78, 5) is 15.4. The number of para-hydroxylation sites is 3. The topological polar surface area (TPSA) is 34.9 Å². The lowest BCUT2D eigenvalue weighted by molar-refractivity contribution is 0.111. The maximum atomic E-state index is 11.1. The van der Waals surface area contributed by atoms with E-state index in [0.29, 0.717) is 5.82 Å². The Hall–Kier alpha value is -2.42. The van der Waals surface area contributed by atoms with Gasteiger partial charge in [0.25, 0.3) is 0 Å². The van der Waals surface area contributed by atoms with Crippen LogP contribution in [0.3, 0.4) is 0 Å². The molecule has 82 valence electrons. The second kappa shape index (κ2) is 3.87. The molecule has 1 heterocycles. The maximum absolute atomic E-state index is 11.1. The molecular weight excluding hydrogens is 212 g/mol. The second-order valence-corrected chi connectivity index (χ2v) is 3.75. The van der Waals surface area contributed by atoms with Crippen molar-refractivity contribution in [2.24, 2.45) is 0 Å². The minimum absolute atomic E-state index is 0.428. The van der Waals surface area contributed by atoms with Crippen molar-refractivity contribution < 1.29 is 4.79 Å². The molecule has 3 rings (SSSR count). The van der Waals surface area contributed by atoms with E-state index in [9.17, 15) is 4.79 Å². The first-order valence-electron chi connectivity index (χ1n) is 5.38. The molecule has 0 saturated heterocycles. The van der Waals surface area contributed by atoms with Crippen molar-refractivity contribution in [2.75, 3.05) is 0 Å². The van der Waals surface area contributed by atoms with Crippen LogP contribution in [0, 0.1) is 0 Å². The van der Waals surface area contributed by atoms with Crippen LogP contribution in [-0.4, -0.2) is 15.8 Å². The molecule has 0 aliphatic heterocycles. The van der Waals surface area contributed by atoms with E-state index in [1.54, 1.807) is 0 Å². The molecule has 0 bridgehead atoms. The molecule has 0 amide bonds. The smallest absolute Gasteiger partial charge is 0.185 e. The van der Waals surface area contributed by atoms with E-state index in [1.165, 1.54) is 0 Å². The number of imidazole rings is 1. The van der Waals surface area contributed by atoms with Crippen molar-refractivity contribution in [1.82, 2.24) is 9.55 Å². The van der Waals surface area contributed by atoms with Crippen molar-refractivity contribution in [3.05, 3.63) is 60.4 Å². The zero-order chi connectivity index (χ0) is 11.7. The Morgan fingerprint density at radius 3 is 2.41 bits per heavy atom. The first-order valence-corrected chi connectivity index (χ1v) is 5.38. The van der Waals surface area contributed by atoms with Gasteiger partial charge >= 0.3 is 0 Å². The molecular formula is C14H10N2O. The fraction of sp³-hybridized carbons (Fsp3) is 0. The van der Waals surface area contributed by atoms with E-state index in [2.05, 4.69) is 4.98 Å². The number of aromatic nitrogens is 2. The molecule has 17 heavy (non-hydrogen) atoms. The summed E-state index contributed by atoms with van der Waals surface area (Å²) in [6, 6.07) is 17.5. The third-order valence-electron chi connectivity index (χ3n) is 2.71. The Labute approximate surface area is 98.3 Å². The van der Waals surface area contributed by atoms with E-state index in [0.717, 1.165) is 23.0 Å². The number of rotatable bonds is 2. The lowest BCUT2D eigenvalue weighted by Gasteiger charge is -2.05. The number of nitrogens with zero attached hydrogens (tertiary/aromatic N) is 2. The van der Waals surface area contributed by atoms with Crippen LogP contribution >= 0.6 is 0 Å². The van der Waals surface area contributed by atoms with Gasteiger partial charge in [-0.15, -0.1) is 0 Å². The van der Waals surface area contributed by atoms with Crippen LogP contribution in [0.2, 0.25) is 0 Å². The zero-order valence-corrected chi connectivity index (χ0v) is 9.08. The summed E-state index contributed by atoms with van der Waals surface area (Å²) in [7, 11) is 0. The van der Waals surface area contributed by atoms with E-state index < -0.39 is 0 Å². The van der Waals surface area contributed by atoms with Gasteiger partial charge in [0.1, 0.15) is 0 Å². The fourth-order valence-corrected chi connectivity index (χ4v) is 1.97. The SMILES string of the molecule is O=Cc1nc2ccccc2n1-c1ccccc1. The largest absolute Gasteiger partial charge is 0.294 e. The van der Waals surface area contributed by atoms with Gasteiger partial charge in [0.05, 0.1) is 11.0 Å². The quantitative estimate of drug-likeness (QED) is 0.625. The molecule has 3 aromatic rings. The number of aldehydes is 1. The highest BCUT2D eigenvalue weighted by molar-refractivity contribution is 5.85. The van der Waals surface area contributed by atoms with Crippen molar-refractivity contribution >= 4 is 17.3 Å². The van der Waals surface area contributed by atoms with E-state index in [-0.39, 0.29) is 0 Å². The highest BCUT2D eigenvalue weighted by Crippen LogP contribution is 2.20. The van der Waals surface area contributed by atoms with Crippen LogP contribution in [0.4, 0.5) is 0 Å². The molecule has 0 fully saturated rings. The average molecular weight is 222 g/mol. The molecule has 0 radical (unpaired) electrons. The number of carbonyl (C=O) groups is 1. The van der Waals surface area contributed by atoms with E-state index in [4.69, 9.17) is 0 Å². The van der Waals surface area contributed by atoms with Crippen molar-refractivity contribution in [3.63, 3.8) is 0 Å². The standard InChI is InChI=1S/C14H10N2O/c17-10-14-15-12-8-4-5-9-13(12)16(14)11-6-2-1-3-7-11/h1-10H. The van der Waals surface area contributed by atoms with Gasteiger partial charge in [-0.1, -0.05) is 30.3 Å². The summed E-state index contributed by atoms with van der Waals surface area (Å²) < 4.78 is 1.86. The zero-order valence-electron chi connectivity index (χ0n) is 9.08. The molecule has 0 atom stereocenters. The van der Waals surface area contributed by atoms with Gasteiger partial charge in [-0.05, 0) is 24.3 Å². The molecule has 3 nitrogen and oxygen atoms in total. The van der Waals surface area contributed by atoms with Gasteiger partial charge in [-0.25, -0.2) is 4.98 Å². The summed E-state index contributed by atoms with van der Waals surface area (Å²) in [6.45, 7) is 0. The Morgan fingerprint density at radius 2 is 1.65 bits per heavy atom. The Kier molecular flexibility index (Phi) is 2.22. The van der Waals surface area contributed by atoms with Crippen LogP contribution in [0.15, 0.2) is 54.6 Å². The highest BCUT2D eigenvalue weighted by Gasteiger charge is 2.10. The lowest BCUT2D eigenvalue weighted by Crippen LogP contribution is -1.99. The second-order valence-electron chi connectivity index (χ2n) is 3.75. The number of hydrogen-bond acceptors (Lipinski definition) is 2. The van der Waals surface area contributed by atoms with Crippen LogP contribution in [0.1, 0.15) is 10.6 Å². The first kappa shape index (κ1) is 9.78. The molecule has 1 aromatic heterocycles. The first-order chi connectivity index (χ1) is 8.40. The summed E-state index contributed by atoms with van der Waals surface area (Å²) in [5.41, 5.74) is 2.72. The molecule has 3 heteroatoms. The van der Waals surface area contributed by atoms with Crippen molar-refractivity contribution in [3.8, 4) is 5.69 Å². The van der Waals surface area contributed by atoms with E-state index >= 15 is 0 Å². The van der Waals surface area contributed by atoms with Gasteiger partial charge in [0, 0.05) is 5.69 Å². The van der Waals surface area contributed by atoms with Gasteiger partial charge in [0.2, 0.25) is 0 Å². The van der Waals surface area contributed by atoms with Crippen LogP contribution in [0.5, 0.6) is 0 Å². The summed E-state index contributed by atoms with van der Waals surface area (Å²) in [5, 5.41) is 0. The molecule has 0 unspecified atom stereocenters. The molecule has 0 aliphatic carbocycles. The molecule has 0 N–H and O–H groups in total. The monoisotopic (exact) mass is 222 g/mol. The molecule has 0 saturated carbocycles. The van der Waals surface area contributed by atoms with Gasteiger partial charge < -0.3 is 0 Å². The van der Waals surface area contributed by atoms with Gasteiger partial charge in [0.15, 0.2) is 12.1 Å². The van der Waals surface area contributed by atoms with Crippen LogP contribution < -0.4 is 0 Å². The molecule has 0 aliphatic rings. The highest BCUT2D eigenvalue weighted by atomic mass is 16.1. The number of hydrogen-bond donors (Lipinski definition) is 0. The van der Waals surface area contributed by atoms with Crippen molar-refractivity contribution in [1.29, 1.82) is 0 Å². The number of benzene rings is 2. The third kappa shape index (κ3) is 1.52. The summed E-state index contributed by atoms with van der Waals surface area (Å²) in [5.74, 6) is 0.428. The Bertz CT molecular complexity index is 671. The lowest BCUT2D eigenvalue weighted by atomic mass is 10.3. The van der Waals surface area contributed by atoms with Crippen molar-refractivity contribution in [2.45, 2.75) is 0 Å². The van der Waals surface area contributed by atoms with Crippen LogP contribution in [0.25, 0.3) is 16.7 Å². The minimum Gasteiger partial charge on any atom is -0.294 e. The fourth-order valence-electron chi connectivity index (χ4n) is 1.97. The Morgan fingerprint density at radius 1 is 0.941 bits per heavy atom. The average Bonchev–Trinajstić information content (AvgIpc) is 2.78. The number of fused-ring (bicyclic) bond motifs is 1. The molecule has 2 aromatic carbocycles. The molecule has 0 spiro atoms. The Balaban J connectivity index is 2.38. The van der Waals surface area contributed by atoms with Gasteiger partial charge in [-0.2, -0.15) is 0 Å². The summed E-state index contributed by atoms with van der Waals surface area (Å²) >= 11 is 0. The maximum Gasteiger partial charge on any atom is 0.185 e. The summed E-state index contributed by atoms with van der Waals surface area (Å²) in [6.07, 6.45) is 0.785. The number of carbonyl (C=O) groups excluding carboxylic acids is 1. The normalized spacial score (nSPS) is 10.6. The third-order valence-corrected chi connectivity index (χ3v) is 2.71. The van der Waals surface area contributed by atoms with Gasteiger partial charge in [-0.3, -0.25) is 9.36 Å². The minimum atomic E-state index is 0.428. The predicted octanol–water partition coefficient (Wildman–Crippen LogP) is 2.84. The predicted molar refractivity (Wildman–Crippen MR) is 66.5 cm³/mol. The van der Waals surface area contributed by atoms with Crippen LogP contribution in [-0.2, 0) is 0 Å². The van der Waals surface area contributed by atoms with E-state index in [1.807, 2.05) is 59.2 Å².